The molecule has 0 aromatic heterocycles. The van der Waals surface area contributed by atoms with Crippen LogP contribution < -0.4 is 5.32 Å². The molecule has 4 aliphatic heterocycles. The quantitative estimate of drug-likeness (QED) is 0.258. The number of hydrogen-bond donors (Lipinski definition) is 5. The second kappa shape index (κ2) is 19.7. The zero-order valence-electron chi connectivity index (χ0n) is 37.4. The molecule has 15 nitrogen and oxygen atoms in total. The van der Waals surface area contributed by atoms with Crippen LogP contribution in [0.15, 0.2) is 35.3 Å². The number of nitrogens with one attached hydrogen (secondary N) is 1. The minimum absolute atomic E-state index is 0.00000372. The van der Waals surface area contributed by atoms with E-state index in [0.29, 0.717) is 25.4 Å². The van der Waals surface area contributed by atoms with Crippen LogP contribution in [0, 0.1) is 17.8 Å². The van der Waals surface area contributed by atoms with Gasteiger partial charge in [0.25, 0.3) is 6.02 Å². The van der Waals surface area contributed by atoms with E-state index in [1.165, 1.54) is 0 Å². The molecule has 5 N–H and O–H groups in total. The van der Waals surface area contributed by atoms with Crippen LogP contribution in [0.3, 0.4) is 0 Å². The third kappa shape index (κ3) is 11.3. The number of amides is 1. The molecular weight excluding hydrogens is 761 g/mol. The SMILES string of the molecule is CO[C@]1(C)C[C@H](O[C@H]2[C@H](C)[C@@H](O[C@@H]3O[C@H](C)CC4C3O/C(=N/C(C)C)N4C)[C@](C)(O)C[C@@H](C)CN(C)C(=O)C[C@H](O)[C@H](Cc3ccccc3)NC(O)[C@@H]2C)O[C@@H](C)[C@@H]1O. The molecule has 4 heterocycles. The molecule has 5 rings (SSSR count). The van der Waals surface area contributed by atoms with E-state index in [0.717, 1.165) is 5.56 Å². The summed E-state index contributed by atoms with van der Waals surface area (Å²) in [7, 11) is 5.20. The van der Waals surface area contributed by atoms with Gasteiger partial charge in [0, 0.05) is 58.1 Å². The van der Waals surface area contributed by atoms with Crippen molar-refractivity contribution < 1.29 is 53.6 Å². The molecule has 1 aromatic rings. The number of hydrogen-bond acceptors (Lipinski definition) is 13. The largest absolute Gasteiger partial charge is 0.454 e. The maximum absolute atomic E-state index is 13.6. The van der Waals surface area contributed by atoms with Crippen LogP contribution >= 0.6 is 0 Å². The topological polar surface area (TPSA) is 184 Å². The fourth-order valence-electron chi connectivity index (χ4n) is 9.64. The summed E-state index contributed by atoms with van der Waals surface area (Å²) in [4.78, 5) is 22.0. The molecule has 4 aliphatic rings. The highest BCUT2D eigenvalue weighted by Crippen LogP contribution is 2.41. The van der Waals surface area contributed by atoms with Crippen LogP contribution in [-0.2, 0) is 39.6 Å². The van der Waals surface area contributed by atoms with E-state index in [9.17, 15) is 25.2 Å². The Hall–Kier alpha value is -2.44. The highest BCUT2D eigenvalue weighted by atomic mass is 16.7. The predicted molar refractivity (Wildman–Crippen MR) is 222 cm³/mol. The Kier molecular flexibility index (Phi) is 15.9. The molecule has 15 heteroatoms. The molecule has 4 saturated heterocycles. The van der Waals surface area contributed by atoms with E-state index in [1.54, 1.807) is 32.9 Å². The molecule has 0 aliphatic carbocycles. The molecule has 1 amide bonds. The highest BCUT2D eigenvalue weighted by Gasteiger charge is 2.54. The molecule has 336 valence electrons. The molecule has 1 aromatic carbocycles. The van der Waals surface area contributed by atoms with Crippen molar-refractivity contribution in [2.45, 2.75) is 185 Å². The van der Waals surface area contributed by atoms with Gasteiger partial charge in [-0.15, -0.1) is 0 Å². The number of aliphatic hydroxyl groups is 4. The van der Waals surface area contributed by atoms with Gasteiger partial charge in [0.05, 0.1) is 54.2 Å². The van der Waals surface area contributed by atoms with Gasteiger partial charge >= 0.3 is 0 Å². The third-order valence-corrected chi connectivity index (χ3v) is 13.0. The van der Waals surface area contributed by atoms with Gasteiger partial charge in [-0.2, -0.15) is 0 Å². The Morgan fingerprint density at radius 1 is 0.983 bits per heavy atom. The standard InChI is InChI=1S/C44H74N4O11/c1-24(2)45-42-48(11)32-18-26(4)55-41(37(32)58-42)59-39-27(5)36(57-35-22-44(9,54-12)38(51)29(7)56-35)28(6)40(52)46-31(19-30-16-14-13-15-17-30)33(49)20-34(50)47(10)23-25(3)21-43(39,8)53/h13-17,24-29,31-33,35-41,46,49,51-53H,18-23H2,1-12H3/b45-42+/t25-,26-,27+,28-,29+,31+,32?,33+,35+,36+,37?,38+,39-,40?,41+,43-,44-/m1/s1. The Balaban J connectivity index is 1.58. The van der Waals surface area contributed by atoms with Gasteiger partial charge in [-0.1, -0.05) is 51.1 Å². The van der Waals surface area contributed by atoms with Crippen molar-refractivity contribution in [3.05, 3.63) is 35.9 Å². The number of amidine groups is 1. The number of aliphatic imine (C=N–C) groups is 1. The minimum atomic E-state index is -1.53. The van der Waals surface area contributed by atoms with Crippen molar-refractivity contribution in [3.63, 3.8) is 0 Å². The molecule has 17 atom stereocenters. The summed E-state index contributed by atoms with van der Waals surface area (Å²) >= 11 is 0. The minimum Gasteiger partial charge on any atom is -0.454 e. The maximum Gasteiger partial charge on any atom is 0.288 e. The Labute approximate surface area is 351 Å². The van der Waals surface area contributed by atoms with Crippen LogP contribution in [0.25, 0.3) is 0 Å². The monoisotopic (exact) mass is 835 g/mol. The molecule has 4 fully saturated rings. The summed E-state index contributed by atoms with van der Waals surface area (Å²) in [5.41, 5.74) is -1.60. The summed E-state index contributed by atoms with van der Waals surface area (Å²) in [6.07, 6.45) is -7.08. The first-order chi connectivity index (χ1) is 27.6. The summed E-state index contributed by atoms with van der Waals surface area (Å²) in [6.45, 7) is 17.3. The first kappa shape index (κ1) is 47.6. The van der Waals surface area contributed by atoms with Crippen LogP contribution in [0.4, 0.5) is 0 Å². The first-order valence-corrected chi connectivity index (χ1v) is 21.6. The van der Waals surface area contributed by atoms with Crippen molar-refractivity contribution in [1.82, 2.24) is 15.1 Å². The molecule has 59 heavy (non-hydrogen) atoms. The van der Waals surface area contributed by atoms with Crippen LogP contribution in [0.5, 0.6) is 0 Å². The molecule has 0 radical (unpaired) electrons. The number of methoxy groups -OCH3 is 1. The Morgan fingerprint density at radius 3 is 2.31 bits per heavy atom. The van der Waals surface area contributed by atoms with E-state index in [1.807, 2.05) is 90.7 Å². The number of ether oxygens (including phenoxy) is 6. The number of nitrogens with zero attached hydrogens (tertiary/aromatic N) is 3. The molecule has 3 unspecified atom stereocenters. The third-order valence-electron chi connectivity index (χ3n) is 13.0. The molecule has 0 bridgehead atoms. The predicted octanol–water partition coefficient (Wildman–Crippen LogP) is 3.05. The van der Waals surface area contributed by atoms with Gasteiger partial charge in [-0.25, -0.2) is 4.99 Å². The summed E-state index contributed by atoms with van der Waals surface area (Å²) in [5, 5.41) is 50.9. The molecular formula is C44H74N4O11. The number of carbonyl (C=O) groups excluding carboxylic acids is 1. The first-order valence-electron chi connectivity index (χ1n) is 21.6. The van der Waals surface area contributed by atoms with Gasteiger partial charge in [0.2, 0.25) is 5.91 Å². The lowest BCUT2D eigenvalue weighted by molar-refractivity contribution is -0.316. The lowest BCUT2D eigenvalue weighted by Gasteiger charge is -2.49. The molecule has 0 saturated carbocycles. The van der Waals surface area contributed by atoms with Crippen LogP contribution in [0.1, 0.15) is 93.6 Å². The average molecular weight is 835 g/mol. The van der Waals surface area contributed by atoms with Gasteiger partial charge in [-0.3, -0.25) is 10.1 Å². The van der Waals surface area contributed by atoms with Crippen molar-refractivity contribution >= 4 is 11.9 Å². The van der Waals surface area contributed by atoms with E-state index in [-0.39, 0.29) is 49.3 Å². The van der Waals surface area contributed by atoms with Crippen LogP contribution in [-0.4, -0.2) is 161 Å². The van der Waals surface area contributed by atoms with Gasteiger partial charge in [-0.05, 0) is 72.3 Å². The smallest absolute Gasteiger partial charge is 0.288 e. The lowest BCUT2D eigenvalue weighted by Crippen LogP contribution is -2.60. The van der Waals surface area contributed by atoms with E-state index >= 15 is 0 Å². The number of carbonyl (C=O) groups is 1. The zero-order valence-corrected chi connectivity index (χ0v) is 37.4. The van der Waals surface area contributed by atoms with Gasteiger partial charge in [0.1, 0.15) is 12.3 Å². The van der Waals surface area contributed by atoms with Crippen LogP contribution in [0.2, 0.25) is 0 Å². The summed E-state index contributed by atoms with van der Waals surface area (Å²) in [6, 6.07) is 9.31. The number of fused-ring (bicyclic) bond motifs is 1. The van der Waals surface area contributed by atoms with E-state index in [4.69, 9.17) is 33.4 Å². The zero-order chi connectivity index (χ0) is 43.6. The highest BCUT2D eigenvalue weighted by molar-refractivity contribution is 5.77. The maximum atomic E-state index is 13.6. The van der Waals surface area contributed by atoms with Crippen molar-refractivity contribution in [3.8, 4) is 0 Å². The molecule has 0 spiro atoms. The van der Waals surface area contributed by atoms with Crippen molar-refractivity contribution in [2.75, 3.05) is 27.7 Å². The normalized spacial score (nSPS) is 43.9. The number of likely N-dealkylation sites (N-methyl/N-ethyl adjacent to an activating group) is 1. The van der Waals surface area contributed by atoms with Crippen molar-refractivity contribution in [2.24, 2.45) is 22.7 Å². The second-order valence-electron chi connectivity index (χ2n) is 18.7. The lowest BCUT2D eigenvalue weighted by atomic mass is 9.77. The average Bonchev–Trinajstić information content (AvgIpc) is 3.46. The summed E-state index contributed by atoms with van der Waals surface area (Å²) in [5.74, 6) is -1.82. The fraction of sp³-hybridized carbons (Fsp3) is 0.818. The number of aliphatic hydroxyl groups excluding tert-OH is 3. The van der Waals surface area contributed by atoms with Gasteiger partial charge < -0.3 is 58.6 Å². The van der Waals surface area contributed by atoms with E-state index < -0.39 is 84.5 Å². The van der Waals surface area contributed by atoms with E-state index in [2.05, 4.69) is 5.32 Å². The van der Waals surface area contributed by atoms with Crippen molar-refractivity contribution in [1.29, 1.82) is 0 Å². The fourth-order valence-corrected chi connectivity index (χ4v) is 9.64. The van der Waals surface area contributed by atoms with Gasteiger partial charge in [0.15, 0.2) is 18.7 Å². The number of rotatable bonds is 8. The Morgan fingerprint density at radius 2 is 1.66 bits per heavy atom. The summed E-state index contributed by atoms with van der Waals surface area (Å²) < 4.78 is 39.1. The second-order valence-corrected chi connectivity index (χ2v) is 18.7. The Bertz CT molecular complexity index is 1540. The number of benzene rings is 1.